The zero-order valence-electron chi connectivity index (χ0n) is 7.47. The molecule has 0 amide bonds. The van der Waals surface area contributed by atoms with Crippen molar-refractivity contribution < 1.29 is 13.5 Å². The molecule has 0 aliphatic heterocycles. The third kappa shape index (κ3) is 2.91. The van der Waals surface area contributed by atoms with Gasteiger partial charge in [-0.05, 0) is 6.92 Å². The number of aromatic nitrogens is 1. The van der Waals surface area contributed by atoms with E-state index < -0.39 is 10.0 Å². The van der Waals surface area contributed by atoms with E-state index >= 15 is 0 Å². The Hall–Kier alpha value is -0.700. The second-order valence-electron chi connectivity index (χ2n) is 2.76. The van der Waals surface area contributed by atoms with Crippen LogP contribution >= 0.6 is 11.3 Å². The van der Waals surface area contributed by atoms with Gasteiger partial charge in [0.2, 0.25) is 10.0 Å². The smallest absolute Gasteiger partial charge is 0.249 e. The van der Waals surface area contributed by atoms with Crippen molar-refractivity contribution in [3.8, 4) is 0 Å². The van der Waals surface area contributed by atoms with Crippen LogP contribution < -0.4 is 10.5 Å². The van der Waals surface area contributed by atoms with E-state index in [2.05, 4.69) is 10.3 Å². The Labute approximate surface area is 85.8 Å². The number of sulfonamides is 1. The molecule has 1 atom stereocenters. The first kappa shape index (κ1) is 11.4. The maximum Gasteiger partial charge on any atom is 0.249 e. The van der Waals surface area contributed by atoms with Gasteiger partial charge in [0.25, 0.3) is 0 Å². The molecule has 8 heteroatoms. The third-order valence-electron chi connectivity index (χ3n) is 1.41. The van der Waals surface area contributed by atoms with E-state index in [0.29, 0.717) is 5.13 Å². The standard InChI is InChI=1S/C6H11N3O3S2/c1-4(3-10)9-6-8-2-5(13-6)14(7,11)12/h2,4,10H,3H2,1H3,(H,8,9)(H2,7,11,12)/t4-/m0/s1. The summed E-state index contributed by atoms with van der Waals surface area (Å²) in [7, 11) is -3.67. The summed E-state index contributed by atoms with van der Waals surface area (Å²) in [6, 6.07) is -0.172. The van der Waals surface area contributed by atoms with Crippen LogP contribution in [0.25, 0.3) is 0 Å². The molecule has 0 aliphatic carbocycles. The number of anilines is 1. The number of aliphatic hydroxyl groups is 1. The van der Waals surface area contributed by atoms with Crippen LogP contribution in [0.2, 0.25) is 0 Å². The molecule has 14 heavy (non-hydrogen) atoms. The second-order valence-corrected chi connectivity index (χ2v) is 5.58. The number of nitrogens with two attached hydrogens (primary N) is 1. The van der Waals surface area contributed by atoms with Gasteiger partial charge in [0.15, 0.2) is 9.34 Å². The molecule has 0 saturated carbocycles. The maximum absolute atomic E-state index is 10.9. The molecule has 0 bridgehead atoms. The van der Waals surface area contributed by atoms with Crippen molar-refractivity contribution >= 4 is 26.5 Å². The van der Waals surface area contributed by atoms with Crippen molar-refractivity contribution in [3.05, 3.63) is 6.20 Å². The number of thiazole rings is 1. The number of aliphatic hydroxyl groups excluding tert-OH is 1. The summed E-state index contributed by atoms with van der Waals surface area (Å²) in [5.74, 6) is 0. The van der Waals surface area contributed by atoms with Crippen molar-refractivity contribution in [2.75, 3.05) is 11.9 Å². The predicted octanol–water partition coefficient (Wildman–Crippen LogP) is -0.417. The quantitative estimate of drug-likeness (QED) is 0.659. The first-order chi connectivity index (χ1) is 6.43. The summed E-state index contributed by atoms with van der Waals surface area (Å²) in [4.78, 5) is 3.81. The molecule has 1 heterocycles. The number of hydrogen-bond donors (Lipinski definition) is 3. The van der Waals surface area contributed by atoms with Crippen LogP contribution in [-0.4, -0.2) is 31.2 Å². The Morgan fingerprint density at radius 3 is 2.86 bits per heavy atom. The maximum atomic E-state index is 10.9. The average Bonchev–Trinajstić information content (AvgIpc) is 2.51. The minimum atomic E-state index is -3.67. The van der Waals surface area contributed by atoms with Gasteiger partial charge in [-0.3, -0.25) is 0 Å². The molecule has 1 aromatic heterocycles. The average molecular weight is 237 g/mol. The van der Waals surface area contributed by atoms with Crippen molar-refractivity contribution in [1.29, 1.82) is 0 Å². The predicted molar refractivity (Wildman–Crippen MR) is 53.7 cm³/mol. The number of primary sulfonamides is 1. The van der Waals surface area contributed by atoms with Gasteiger partial charge in [-0.25, -0.2) is 18.5 Å². The zero-order chi connectivity index (χ0) is 10.8. The fourth-order valence-corrected chi connectivity index (χ4v) is 2.28. The van der Waals surface area contributed by atoms with E-state index in [0.717, 1.165) is 11.3 Å². The largest absolute Gasteiger partial charge is 0.394 e. The van der Waals surface area contributed by atoms with Crippen LogP contribution in [0.1, 0.15) is 6.92 Å². The summed E-state index contributed by atoms with van der Waals surface area (Å²) in [6.07, 6.45) is 1.19. The lowest BCUT2D eigenvalue weighted by atomic mass is 10.4. The van der Waals surface area contributed by atoms with E-state index in [1.54, 1.807) is 6.92 Å². The van der Waals surface area contributed by atoms with Crippen LogP contribution in [0, 0.1) is 0 Å². The van der Waals surface area contributed by atoms with Crippen LogP contribution in [0.15, 0.2) is 10.4 Å². The molecule has 4 N–H and O–H groups in total. The zero-order valence-corrected chi connectivity index (χ0v) is 9.10. The Kier molecular flexibility index (Phi) is 3.43. The van der Waals surface area contributed by atoms with E-state index in [1.165, 1.54) is 6.20 Å². The monoisotopic (exact) mass is 237 g/mol. The van der Waals surface area contributed by atoms with Gasteiger partial charge in [-0.15, -0.1) is 0 Å². The summed E-state index contributed by atoms with van der Waals surface area (Å²) in [5.41, 5.74) is 0. The Morgan fingerprint density at radius 2 is 2.43 bits per heavy atom. The molecule has 0 aromatic carbocycles. The van der Waals surface area contributed by atoms with Crippen LogP contribution in [0.3, 0.4) is 0 Å². The van der Waals surface area contributed by atoms with Crippen molar-refractivity contribution in [3.63, 3.8) is 0 Å². The molecule has 0 spiro atoms. The van der Waals surface area contributed by atoms with Gasteiger partial charge in [-0.1, -0.05) is 11.3 Å². The van der Waals surface area contributed by atoms with E-state index in [4.69, 9.17) is 10.2 Å². The van der Waals surface area contributed by atoms with E-state index in [-0.39, 0.29) is 16.9 Å². The van der Waals surface area contributed by atoms with Gasteiger partial charge in [0.1, 0.15) is 0 Å². The molecule has 0 saturated heterocycles. The second kappa shape index (κ2) is 4.22. The fourth-order valence-electron chi connectivity index (χ4n) is 0.714. The van der Waals surface area contributed by atoms with Gasteiger partial charge in [0, 0.05) is 6.04 Å². The third-order valence-corrected chi connectivity index (χ3v) is 3.75. The van der Waals surface area contributed by atoms with Crippen LogP contribution in [0.4, 0.5) is 5.13 Å². The van der Waals surface area contributed by atoms with Gasteiger partial charge >= 0.3 is 0 Å². The summed E-state index contributed by atoms with van der Waals surface area (Å²) >= 11 is 0.937. The van der Waals surface area contributed by atoms with E-state index in [1.807, 2.05) is 0 Å². The summed E-state index contributed by atoms with van der Waals surface area (Å²) in [5, 5.41) is 16.9. The molecule has 1 rings (SSSR count). The molecular weight excluding hydrogens is 226 g/mol. The Bertz CT molecular complexity index is 400. The van der Waals surface area contributed by atoms with Gasteiger partial charge in [0.05, 0.1) is 12.8 Å². The lowest BCUT2D eigenvalue weighted by Gasteiger charge is -2.07. The number of rotatable bonds is 4. The van der Waals surface area contributed by atoms with Crippen LogP contribution in [0.5, 0.6) is 0 Å². The van der Waals surface area contributed by atoms with E-state index in [9.17, 15) is 8.42 Å². The molecule has 0 radical (unpaired) electrons. The lowest BCUT2D eigenvalue weighted by Crippen LogP contribution is -2.18. The Morgan fingerprint density at radius 1 is 1.79 bits per heavy atom. The highest BCUT2D eigenvalue weighted by Gasteiger charge is 2.13. The molecule has 0 aliphatic rings. The molecule has 1 aromatic rings. The topological polar surface area (TPSA) is 105 Å². The highest BCUT2D eigenvalue weighted by molar-refractivity contribution is 7.91. The molecule has 0 fully saturated rings. The SMILES string of the molecule is C[C@@H](CO)Nc1ncc(S(N)(=O)=O)s1. The van der Waals surface area contributed by atoms with Gasteiger partial charge < -0.3 is 10.4 Å². The van der Waals surface area contributed by atoms with Crippen molar-refractivity contribution in [2.24, 2.45) is 5.14 Å². The molecular formula is C6H11N3O3S2. The highest BCUT2D eigenvalue weighted by Crippen LogP contribution is 2.21. The highest BCUT2D eigenvalue weighted by atomic mass is 32.2. The number of hydrogen-bond acceptors (Lipinski definition) is 6. The molecule has 6 nitrogen and oxygen atoms in total. The number of nitrogens with one attached hydrogen (secondary N) is 1. The van der Waals surface area contributed by atoms with Gasteiger partial charge in [-0.2, -0.15) is 0 Å². The molecule has 80 valence electrons. The minimum Gasteiger partial charge on any atom is -0.394 e. The number of nitrogens with zero attached hydrogens (tertiary/aromatic N) is 1. The summed E-state index contributed by atoms with van der Waals surface area (Å²) in [6.45, 7) is 1.70. The summed E-state index contributed by atoms with van der Waals surface area (Å²) < 4.78 is 21.7. The van der Waals surface area contributed by atoms with Crippen molar-refractivity contribution in [2.45, 2.75) is 17.2 Å². The first-order valence-corrected chi connectivity index (χ1v) is 6.16. The molecule has 0 unspecified atom stereocenters. The fraction of sp³-hybridized carbons (Fsp3) is 0.500. The minimum absolute atomic E-state index is 0.00476. The Balaban J connectivity index is 2.79. The normalized spacial score (nSPS) is 13.9. The first-order valence-electron chi connectivity index (χ1n) is 3.79. The van der Waals surface area contributed by atoms with Crippen LogP contribution in [-0.2, 0) is 10.0 Å². The van der Waals surface area contributed by atoms with Crippen molar-refractivity contribution in [1.82, 2.24) is 4.98 Å². The lowest BCUT2D eigenvalue weighted by molar-refractivity contribution is 0.281.